The van der Waals surface area contributed by atoms with Crippen molar-refractivity contribution < 1.29 is 27.6 Å². The Morgan fingerprint density at radius 1 is 0.935 bits per heavy atom. The van der Waals surface area contributed by atoms with Crippen LogP contribution in [0, 0.1) is 0 Å². The molecule has 0 saturated carbocycles. The Kier molecular flexibility index (Phi) is 5.95. The van der Waals surface area contributed by atoms with Gasteiger partial charge >= 0.3 is 0 Å². The van der Waals surface area contributed by atoms with E-state index in [1.165, 1.54) is 0 Å². The summed E-state index contributed by atoms with van der Waals surface area (Å²) < 4.78 is 43.2. The zero-order chi connectivity index (χ0) is 22.0. The van der Waals surface area contributed by atoms with E-state index in [4.69, 9.17) is 15.2 Å². The van der Waals surface area contributed by atoms with Crippen molar-refractivity contribution in [2.24, 2.45) is 0 Å². The molecule has 0 radical (unpaired) electrons. The first-order valence-corrected chi connectivity index (χ1v) is 11.0. The fraction of sp³-hybridized carbons (Fsp3) is 0.471. The standard InChI is InChI=1S/C17H23N7O6S/c18-12-9-11(31(26,27)28)10-13(14(12)25)19-15-20-16(23-1-5-29-6-2-23)22-17(21-15)24-3-7-30-8-4-24/h9-10,25H,1-8,18H2,(H,26,27,28)(H,19,20,21,22). The van der Waals surface area contributed by atoms with Crippen LogP contribution in [0.5, 0.6) is 5.75 Å². The number of aromatic nitrogens is 3. The first-order chi connectivity index (χ1) is 14.8. The van der Waals surface area contributed by atoms with Crippen molar-refractivity contribution in [3.8, 4) is 5.75 Å². The molecule has 2 aliphatic heterocycles. The van der Waals surface area contributed by atoms with Gasteiger partial charge in [-0.15, -0.1) is 0 Å². The number of phenols is 1. The number of benzene rings is 1. The monoisotopic (exact) mass is 453 g/mol. The molecule has 1 aromatic heterocycles. The number of hydrogen-bond donors (Lipinski definition) is 4. The van der Waals surface area contributed by atoms with E-state index >= 15 is 0 Å². The Hall–Kier alpha value is -2.94. The molecule has 0 atom stereocenters. The van der Waals surface area contributed by atoms with Gasteiger partial charge in [0.2, 0.25) is 17.8 Å². The van der Waals surface area contributed by atoms with Crippen LogP contribution in [0.4, 0.5) is 29.2 Å². The molecule has 0 aliphatic carbocycles. The molecule has 0 bridgehead atoms. The van der Waals surface area contributed by atoms with Gasteiger partial charge in [0.05, 0.1) is 42.7 Å². The molecule has 5 N–H and O–H groups in total. The highest BCUT2D eigenvalue weighted by Gasteiger charge is 2.22. The molecule has 4 rings (SSSR count). The van der Waals surface area contributed by atoms with E-state index in [9.17, 15) is 18.1 Å². The third kappa shape index (κ3) is 4.87. The molecule has 3 heterocycles. The molecule has 2 aromatic rings. The maximum Gasteiger partial charge on any atom is 0.294 e. The van der Waals surface area contributed by atoms with Crippen molar-refractivity contribution >= 4 is 39.3 Å². The molecule has 2 saturated heterocycles. The van der Waals surface area contributed by atoms with Crippen molar-refractivity contribution in [1.29, 1.82) is 0 Å². The summed E-state index contributed by atoms with van der Waals surface area (Å²) in [5, 5.41) is 13.1. The Balaban J connectivity index is 1.72. The van der Waals surface area contributed by atoms with Crippen molar-refractivity contribution in [1.82, 2.24) is 15.0 Å². The molecular formula is C17H23N7O6S. The molecule has 14 heteroatoms. The third-order valence-electron chi connectivity index (χ3n) is 4.86. The van der Waals surface area contributed by atoms with Crippen molar-refractivity contribution in [3.63, 3.8) is 0 Å². The number of aromatic hydroxyl groups is 1. The van der Waals surface area contributed by atoms with Gasteiger partial charge in [0.25, 0.3) is 10.1 Å². The summed E-state index contributed by atoms with van der Waals surface area (Å²) in [6, 6.07) is 2.01. The predicted octanol–water partition coefficient (Wildman–Crippen LogP) is -0.177. The fourth-order valence-electron chi connectivity index (χ4n) is 3.21. The largest absolute Gasteiger partial charge is 0.504 e. The highest BCUT2D eigenvalue weighted by atomic mass is 32.2. The van der Waals surface area contributed by atoms with Gasteiger partial charge in [0.1, 0.15) is 0 Å². The van der Waals surface area contributed by atoms with Crippen LogP contribution in [0.25, 0.3) is 0 Å². The second kappa shape index (κ2) is 8.66. The van der Waals surface area contributed by atoms with Crippen LogP contribution in [0.3, 0.4) is 0 Å². The van der Waals surface area contributed by atoms with E-state index in [0.717, 1.165) is 12.1 Å². The van der Waals surface area contributed by atoms with Gasteiger partial charge in [0.15, 0.2) is 5.75 Å². The number of nitrogens with two attached hydrogens (primary N) is 1. The first-order valence-electron chi connectivity index (χ1n) is 9.60. The van der Waals surface area contributed by atoms with E-state index in [1.54, 1.807) is 0 Å². The summed E-state index contributed by atoms with van der Waals surface area (Å²) in [6.07, 6.45) is 0. The van der Waals surface area contributed by atoms with Gasteiger partial charge in [0, 0.05) is 26.2 Å². The summed E-state index contributed by atoms with van der Waals surface area (Å²) in [5.41, 5.74) is 5.40. The summed E-state index contributed by atoms with van der Waals surface area (Å²) >= 11 is 0. The molecule has 1 aromatic carbocycles. The summed E-state index contributed by atoms with van der Waals surface area (Å²) in [7, 11) is -4.54. The lowest BCUT2D eigenvalue weighted by atomic mass is 10.2. The maximum atomic E-state index is 11.5. The van der Waals surface area contributed by atoms with E-state index < -0.39 is 20.8 Å². The number of nitrogens with one attached hydrogen (secondary N) is 1. The Morgan fingerprint density at radius 3 is 1.94 bits per heavy atom. The maximum absolute atomic E-state index is 11.5. The summed E-state index contributed by atoms with van der Waals surface area (Å²) in [4.78, 5) is 16.8. The molecule has 31 heavy (non-hydrogen) atoms. The SMILES string of the molecule is Nc1cc(S(=O)(=O)O)cc(Nc2nc(N3CCOCC3)nc(N3CCOCC3)n2)c1O. The summed E-state index contributed by atoms with van der Waals surface area (Å²) in [5.74, 6) is 0.523. The second-order valence-corrected chi connectivity index (χ2v) is 8.39. The number of nitrogens with zero attached hydrogens (tertiary/aromatic N) is 5. The van der Waals surface area contributed by atoms with Gasteiger partial charge in [-0.1, -0.05) is 0 Å². The number of phenolic OH excluding ortho intramolecular Hbond substituents is 1. The summed E-state index contributed by atoms with van der Waals surface area (Å²) in [6.45, 7) is 4.55. The highest BCUT2D eigenvalue weighted by Crippen LogP contribution is 2.35. The van der Waals surface area contributed by atoms with E-state index in [2.05, 4.69) is 20.3 Å². The molecule has 168 valence electrons. The van der Waals surface area contributed by atoms with Gasteiger partial charge in [-0.2, -0.15) is 23.4 Å². The average Bonchev–Trinajstić information content (AvgIpc) is 2.77. The first kappa shape index (κ1) is 21.3. The molecule has 2 aliphatic rings. The van der Waals surface area contributed by atoms with Crippen LogP contribution in [0.15, 0.2) is 17.0 Å². The minimum Gasteiger partial charge on any atom is -0.504 e. The Labute approximate surface area is 178 Å². The molecule has 2 fully saturated rings. The lowest BCUT2D eigenvalue weighted by molar-refractivity contribution is 0.121. The number of hydrogen-bond acceptors (Lipinski definition) is 12. The molecular weight excluding hydrogens is 430 g/mol. The normalized spacial score (nSPS) is 17.6. The topological polar surface area (TPSA) is 176 Å². The zero-order valence-corrected chi connectivity index (χ0v) is 17.4. The minimum absolute atomic E-state index is 0.0697. The number of anilines is 5. The van der Waals surface area contributed by atoms with E-state index in [0.29, 0.717) is 64.5 Å². The lowest BCUT2D eigenvalue weighted by Gasteiger charge is -2.30. The third-order valence-corrected chi connectivity index (χ3v) is 5.69. The fourth-order valence-corrected chi connectivity index (χ4v) is 3.76. The number of ether oxygens (including phenoxy) is 2. The van der Waals surface area contributed by atoms with Crippen LogP contribution < -0.4 is 20.9 Å². The Morgan fingerprint density at radius 2 is 1.45 bits per heavy atom. The molecule has 13 nitrogen and oxygen atoms in total. The molecule has 0 unspecified atom stereocenters. The van der Waals surface area contributed by atoms with Crippen LogP contribution in [-0.2, 0) is 19.6 Å². The highest BCUT2D eigenvalue weighted by molar-refractivity contribution is 7.85. The molecule has 0 spiro atoms. The lowest BCUT2D eigenvalue weighted by Crippen LogP contribution is -2.40. The Bertz CT molecular complexity index is 1020. The van der Waals surface area contributed by atoms with Crippen LogP contribution in [-0.4, -0.2) is 85.6 Å². The van der Waals surface area contributed by atoms with Crippen molar-refractivity contribution in [2.45, 2.75) is 4.90 Å². The quantitative estimate of drug-likeness (QED) is 0.267. The van der Waals surface area contributed by atoms with Gasteiger partial charge in [-0.25, -0.2) is 0 Å². The molecule has 0 amide bonds. The number of rotatable bonds is 5. The van der Waals surface area contributed by atoms with Crippen LogP contribution >= 0.6 is 0 Å². The van der Waals surface area contributed by atoms with Gasteiger partial charge in [-0.05, 0) is 12.1 Å². The van der Waals surface area contributed by atoms with Crippen LogP contribution in [0.2, 0.25) is 0 Å². The van der Waals surface area contributed by atoms with Gasteiger partial charge in [-0.3, -0.25) is 4.55 Å². The minimum atomic E-state index is -4.54. The number of morpholine rings is 2. The number of nitrogen functional groups attached to an aromatic ring is 1. The van der Waals surface area contributed by atoms with E-state index in [1.807, 2.05) is 9.80 Å². The van der Waals surface area contributed by atoms with Gasteiger partial charge < -0.3 is 35.4 Å². The van der Waals surface area contributed by atoms with E-state index in [-0.39, 0.29) is 17.3 Å². The second-order valence-electron chi connectivity index (χ2n) is 6.97. The zero-order valence-electron chi connectivity index (χ0n) is 16.6. The van der Waals surface area contributed by atoms with Crippen LogP contribution in [0.1, 0.15) is 0 Å². The van der Waals surface area contributed by atoms with Crippen molar-refractivity contribution in [2.75, 3.05) is 73.5 Å². The van der Waals surface area contributed by atoms with Crippen molar-refractivity contribution in [3.05, 3.63) is 12.1 Å². The predicted molar refractivity (Wildman–Crippen MR) is 112 cm³/mol. The average molecular weight is 453 g/mol. The smallest absolute Gasteiger partial charge is 0.294 e.